The van der Waals surface area contributed by atoms with E-state index in [9.17, 15) is 0 Å². The average Bonchev–Trinajstić information content (AvgIpc) is 2.92. The number of rotatable bonds is 3. The summed E-state index contributed by atoms with van der Waals surface area (Å²) in [4.78, 5) is 0. The van der Waals surface area contributed by atoms with Gasteiger partial charge in [0.2, 0.25) is 0 Å². The number of nitrogens with one attached hydrogen (secondary N) is 1. The van der Waals surface area contributed by atoms with Crippen LogP contribution >= 0.6 is 11.6 Å². The van der Waals surface area contributed by atoms with E-state index in [4.69, 9.17) is 11.6 Å². The lowest BCUT2D eigenvalue weighted by molar-refractivity contribution is 0.501. The van der Waals surface area contributed by atoms with Gasteiger partial charge in [-0.25, -0.2) is 0 Å². The first-order valence-electron chi connectivity index (χ1n) is 5.98. The minimum absolute atomic E-state index is 0.492. The molecule has 3 unspecified atom stereocenters. The lowest BCUT2D eigenvalue weighted by Gasteiger charge is -2.20. The van der Waals surface area contributed by atoms with Gasteiger partial charge < -0.3 is 5.32 Å². The second kappa shape index (κ2) is 4.38. The highest BCUT2D eigenvalue weighted by Crippen LogP contribution is 2.47. The van der Waals surface area contributed by atoms with E-state index in [0.29, 0.717) is 6.04 Å². The molecule has 0 bridgehead atoms. The van der Waals surface area contributed by atoms with Gasteiger partial charge in [0.15, 0.2) is 0 Å². The molecule has 1 aromatic carbocycles. The number of hydrogen-bond acceptors (Lipinski definition) is 1. The van der Waals surface area contributed by atoms with Crippen molar-refractivity contribution in [3.63, 3.8) is 0 Å². The lowest BCUT2D eigenvalue weighted by atomic mass is 9.95. The second-order valence-corrected chi connectivity index (χ2v) is 5.51. The van der Waals surface area contributed by atoms with Crippen LogP contribution in [0.15, 0.2) is 12.1 Å². The third-order valence-corrected chi connectivity index (χ3v) is 4.20. The van der Waals surface area contributed by atoms with Gasteiger partial charge in [-0.05, 0) is 61.9 Å². The second-order valence-electron chi connectivity index (χ2n) is 5.10. The molecular formula is C14H20ClN. The van der Waals surface area contributed by atoms with Gasteiger partial charge in [-0.15, -0.1) is 0 Å². The fourth-order valence-electron chi connectivity index (χ4n) is 2.55. The van der Waals surface area contributed by atoms with Crippen molar-refractivity contribution < 1.29 is 0 Å². The Hall–Kier alpha value is -0.530. The van der Waals surface area contributed by atoms with Crippen molar-refractivity contribution in [2.75, 3.05) is 7.05 Å². The van der Waals surface area contributed by atoms with E-state index in [-0.39, 0.29) is 0 Å². The number of aryl methyl sites for hydroxylation is 2. The first-order chi connectivity index (χ1) is 7.54. The van der Waals surface area contributed by atoms with Crippen LogP contribution in [-0.2, 0) is 0 Å². The Morgan fingerprint density at radius 1 is 1.31 bits per heavy atom. The first kappa shape index (κ1) is 11.9. The molecule has 0 aromatic heterocycles. The predicted octanol–water partition coefficient (Wildman–Crippen LogP) is 3.87. The fraction of sp³-hybridized carbons (Fsp3) is 0.571. The molecule has 2 rings (SSSR count). The monoisotopic (exact) mass is 237 g/mol. The predicted molar refractivity (Wildman–Crippen MR) is 70.0 cm³/mol. The molecule has 0 radical (unpaired) electrons. The smallest absolute Gasteiger partial charge is 0.0438 e. The van der Waals surface area contributed by atoms with E-state index >= 15 is 0 Å². The molecule has 1 aliphatic rings. The van der Waals surface area contributed by atoms with Gasteiger partial charge in [-0.2, -0.15) is 0 Å². The summed E-state index contributed by atoms with van der Waals surface area (Å²) in [7, 11) is 2.05. The third kappa shape index (κ3) is 2.11. The van der Waals surface area contributed by atoms with Crippen molar-refractivity contribution in [1.29, 1.82) is 0 Å². The van der Waals surface area contributed by atoms with Crippen LogP contribution in [-0.4, -0.2) is 7.05 Å². The van der Waals surface area contributed by atoms with Gasteiger partial charge in [0, 0.05) is 11.1 Å². The van der Waals surface area contributed by atoms with Crippen molar-refractivity contribution in [3.8, 4) is 0 Å². The van der Waals surface area contributed by atoms with Crippen LogP contribution in [0.5, 0.6) is 0 Å². The van der Waals surface area contributed by atoms with Crippen molar-refractivity contribution in [1.82, 2.24) is 5.32 Å². The van der Waals surface area contributed by atoms with Gasteiger partial charge in [-0.3, -0.25) is 0 Å². The summed E-state index contributed by atoms with van der Waals surface area (Å²) in [6.45, 7) is 6.56. The summed E-state index contributed by atoms with van der Waals surface area (Å²) < 4.78 is 0. The molecule has 3 atom stereocenters. The van der Waals surface area contributed by atoms with Crippen molar-refractivity contribution in [2.45, 2.75) is 33.2 Å². The topological polar surface area (TPSA) is 12.0 Å². The quantitative estimate of drug-likeness (QED) is 0.842. The van der Waals surface area contributed by atoms with Crippen LogP contribution in [0.2, 0.25) is 5.02 Å². The summed E-state index contributed by atoms with van der Waals surface area (Å²) in [5.41, 5.74) is 3.89. The third-order valence-electron chi connectivity index (χ3n) is 3.79. The van der Waals surface area contributed by atoms with E-state index < -0.39 is 0 Å². The lowest BCUT2D eigenvalue weighted by Crippen LogP contribution is -2.20. The van der Waals surface area contributed by atoms with Crippen molar-refractivity contribution in [2.24, 2.45) is 11.8 Å². The molecule has 1 aromatic rings. The molecule has 1 fully saturated rings. The Bertz CT molecular complexity index is 400. The maximum Gasteiger partial charge on any atom is 0.0438 e. The Kier molecular flexibility index (Phi) is 3.27. The van der Waals surface area contributed by atoms with Crippen LogP contribution < -0.4 is 5.32 Å². The molecule has 0 heterocycles. The summed E-state index contributed by atoms with van der Waals surface area (Å²) in [5, 5.41) is 4.33. The molecule has 16 heavy (non-hydrogen) atoms. The molecule has 1 nitrogen and oxygen atoms in total. The highest BCUT2D eigenvalue weighted by molar-refractivity contribution is 6.31. The van der Waals surface area contributed by atoms with Crippen molar-refractivity contribution >= 4 is 11.6 Å². The molecule has 88 valence electrons. The zero-order valence-corrected chi connectivity index (χ0v) is 11.2. The van der Waals surface area contributed by atoms with Gasteiger partial charge in [0.1, 0.15) is 0 Å². The van der Waals surface area contributed by atoms with E-state index in [1.165, 1.54) is 23.1 Å². The van der Waals surface area contributed by atoms with E-state index in [1.807, 2.05) is 0 Å². The SMILES string of the molecule is CNC(c1cc(C)c(Cl)cc1C)C1CC1C. The minimum atomic E-state index is 0.492. The molecule has 0 saturated heterocycles. The van der Waals surface area contributed by atoms with Crippen LogP contribution in [0.1, 0.15) is 36.1 Å². The Morgan fingerprint density at radius 2 is 1.94 bits per heavy atom. The molecule has 1 saturated carbocycles. The maximum atomic E-state index is 6.14. The maximum absolute atomic E-state index is 6.14. The summed E-state index contributed by atoms with van der Waals surface area (Å²) in [6.07, 6.45) is 1.34. The zero-order chi connectivity index (χ0) is 11.9. The summed E-state index contributed by atoms with van der Waals surface area (Å²) >= 11 is 6.14. The van der Waals surface area contributed by atoms with E-state index in [2.05, 4.69) is 45.3 Å². The highest BCUT2D eigenvalue weighted by Gasteiger charge is 2.39. The summed E-state index contributed by atoms with van der Waals surface area (Å²) in [6, 6.07) is 4.82. The fourth-order valence-corrected chi connectivity index (χ4v) is 2.77. The van der Waals surface area contributed by atoms with Gasteiger partial charge in [0.05, 0.1) is 0 Å². The Morgan fingerprint density at radius 3 is 2.44 bits per heavy atom. The van der Waals surface area contributed by atoms with Crippen LogP contribution in [0.3, 0.4) is 0 Å². The molecule has 0 spiro atoms. The largest absolute Gasteiger partial charge is 0.313 e. The molecule has 0 amide bonds. The number of benzene rings is 1. The Balaban J connectivity index is 2.34. The van der Waals surface area contributed by atoms with Crippen molar-refractivity contribution in [3.05, 3.63) is 33.8 Å². The zero-order valence-electron chi connectivity index (χ0n) is 10.5. The molecule has 1 aliphatic carbocycles. The standard InChI is InChI=1S/C14H20ClN/c1-8-5-11(8)14(16-4)12-6-10(3)13(15)7-9(12)2/h6-8,11,14,16H,5H2,1-4H3. The van der Waals surface area contributed by atoms with Gasteiger partial charge in [-0.1, -0.05) is 24.6 Å². The Labute approximate surface area is 103 Å². The summed E-state index contributed by atoms with van der Waals surface area (Å²) in [5.74, 6) is 1.65. The molecular weight excluding hydrogens is 218 g/mol. The van der Waals surface area contributed by atoms with Gasteiger partial charge in [0.25, 0.3) is 0 Å². The van der Waals surface area contributed by atoms with Crippen LogP contribution in [0.4, 0.5) is 0 Å². The first-order valence-corrected chi connectivity index (χ1v) is 6.36. The number of hydrogen-bond donors (Lipinski definition) is 1. The molecule has 2 heteroatoms. The molecule has 0 aliphatic heterocycles. The normalized spacial score (nSPS) is 25.6. The van der Waals surface area contributed by atoms with Crippen LogP contribution in [0, 0.1) is 25.7 Å². The van der Waals surface area contributed by atoms with Gasteiger partial charge >= 0.3 is 0 Å². The highest BCUT2D eigenvalue weighted by atomic mass is 35.5. The number of halogens is 1. The average molecular weight is 238 g/mol. The molecule has 1 N–H and O–H groups in total. The minimum Gasteiger partial charge on any atom is -0.313 e. The van der Waals surface area contributed by atoms with Crippen LogP contribution in [0.25, 0.3) is 0 Å². The van der Waals surface area contributed by atoms with E-state index in [1.54, 1.807) is 0 Å². The van der Waals surface area contributed by atoms with E-state index in [0.717, 1.165) is 16.9 Å².